The van der Waals surface area contributed by atoms with Gasteiger partial charge in [0.25, 0.3) is 0 Å². The van der Waals surface area contributed by atoms with Crippen molar-refractivity contribution in [3.63, 3.8) is 0 Å². The maximum absolute atomic E-state index is 5.98. The molecule has 1 fully saturated rings. The molecule has 102 valence electrons. The Balaban J connectivity index is 2.29. The van der Waals surface area contributed by atoms with E-state index in [-0.39, 0.29) is 0 Å². The summed E-state index contributed by atoms with van der Waals surface area (Å²) >= 11 is 0. The molecule has 0 bridgehead atoms. The van der Waals surface area contributed by atoms with Gasteiger partial charge in [0, 0.05) is 38.4 Å². The molecule has 1 aliphatic carbocycles. The molecular formula is C13H28N2O2. The topological polar surface area (TPSA) is 47.7 Å². The number of hydrogen-bond acceptors (Lipinski definition) is 4. The molecule has 0 aliphatic heterocycles. The zero-order valence-electron chi connectivity index (χ0n) is 11.4. The highest BCUT2D eigenvalue weighted by molar-refractivity contribution is 4.84. The minimum absolute atomic E-state index is 0.390. The van der Waals surface area contributed by atoms with E-state index >= 15 is 0 Å². The summed E-state index contributed by atoms with van der Waals surface area (Å²) in [6, 6.07) is 1.02. The highest BCUT2D eigenvalue weighted by Gasteiger charge is 2.26. The van der Waals surface area contributed by atoms with Crippen LogP contribution in [0.25, 0.3) is 0 Å². The van der Waals surface area contributed by atoms with Gasteiger partial charge in [-0.1, -0.05) is 0 Å². The molecule has 0 spiro atoms. The zero-order valence-corrected chi connectivity index (χ0v) is 11.4. The van der Waals surface area contributed by atoms with Crippen LogP contribution in [-0.4, -0.2) is 56.5 Å². The van der Waals surface area contributed by atoms with Gasteiger partial charge in [0.1, 0.15) is 0 Å². The Bertz CT molecular complexity index is 180. The van der Waals surface area contributed by atoms with Gasteiger partial charge in [-0.25, -0.2) is 0 Å². The molecule has 4 nitrogen and oxygen atoms in total. The van der Waals surface area contributed by atoms with Gasteiger partial charge in [0.05, 0.1) is 13.2 Å². The number of rotatable bonds is 9. The molecule has 0 heterocycles. The third kappa shape index (κ3) is 5.82. The van der Waals surface area contributed by atoms with E-state index in [0.717, 1.165) is 52.4 Å². The summed E-state index contributed by atoms with van der Waals surface area (Å²) in [4.78, 5) is 2.48. The number of nitrogens with two attached hydrogens (primary N) is 1. The first kappa shape index (κ1) is 14.9. The Morgan fingerprint density at radius 1 is 1.06 bits per heavy atom. The van der Waals surface area contributed by atoms with Crippen LogP contribution in [0.5, 0.6) is 0 Å². The van der Waals surface area contributed by atoms with E-state index in [1.165, 1.54) is 6.42 Å². The van der Waals surface area contributed by atoms with Crippen LogP contribution in [-0.2, 0) is 9.47 Å². The van der Waals surface area contributed by atoms with Crippen molar-refractivity contribution in [1.82, 2.24) is 4.90 Å². The summed E-state index contributed by atoms with van der Waals surface area (Å²) in [6.07, 6.45) is 3.50. The van der Waals surface area contributed by atoms with Gasteiger partial charge in [0.2, 0.25) is 0 Å². The molecule has 0 radical (unpaired) electrons. The molecule has 0 aromatic heterocycles. The monoisotopic (exact) mass is 244 g/mol. The average molecular weight is 244 g/mol. The Hall–Kier alpha value is -0.160. The third-order valence-electron chi connectivity index (χ3n) is 3.42. The number of ether oxygens (including phenoxy) is 2. The highest BCUT2D eigenvalue weighted by Crippen LogP contribution is 2.22. The van der Waals surface area contributed by atoms with Gasteiger partial charge in [0.15, 0.2) is 0 Å². The molecule has 1 saturated carbocycles. The second-order valence-corrected chi connectivity index (χ2v) is 4.66. The summed E-state index contributed by atoms with van der Waals surface area (Å²) in [5.41, 5.74) is 5.98. The summed E-state index contributed by atoms with van der Waals surface area (Å²) in [5, 5.41) is 0. The van der Waals surface area contributed by atoms with Crippen LogP contribution in [0.1, 0.15) is 33.1 Å². The number of nitrogens with zero attached hydrogens (tertiary/aromatic N) is 1. The quantitative estimate of drug-likeness (QED) is 0.620. The van der Waals surface area contributed by atoms with E-state index in [0.29, 0.717) is 12.1 Å². The van der Waals surface area contributed by atoms with Crippen LogP contribution in [0.3, 0.4) is 0 Å². The molecule has 0 aromatic rings. The minimum atomic E-state index is 0.390. The Morgan fingerprint density at radius 3 is 2.06 bits per heavy atom. The van der Waals surface area contributed by atoms with Crippen molar-refractivity contribution < 1.29 is 9.47 Å². The van der Waals surface area contributed by atoms with E-state index in [2.05, 4.69) is 4.90 Å². The Labute approximate surface area is 105 Å². The van der Waals surface area contributed by atoms with Gasteiger partial charge in [-0.3, -0.25) is 4.90 Å². The predicted molar refractivity (Wildman–Crippen MR) is 70.2 cm³/mol. The molecule has 17 heavy (non-hydrogen) atoms. The first-order valence-corrected chi connectivity index (χ1v) is 6.93. The fraction of sp³-hybridized carbons (Fsp3) is 1.00. The normalized spacial score (nSPS) is 24.7. The first-order valence-electron chi connectivity index (χ1n) is 6.93. The SMILES string of the molecule is CCOCCN(CCOCC)C1CCC(N)C1. The second kappa shape index (κ2) is 8.86. The predicted octanol–water partition coefficient (Wildman–Crippen LogP) is 1.24. The molecular weight excluding hydrogens is 216 g/mol. The van der Waals surface area contributed by atoms with Crippen molar-refractivity contribution in [1.29, 1.82) is 0 Å². The molecule has 1 aliphatic rings. The minimum Gasteiger partial charge on any atom is -0.380 e. The van der Waals surface area contributed by atoms with E-state index in [1.54, 1.807) is 0 Å². The lowest BCUT2D eigenvalue weighted by molar-refractivity contribution is 0.0636. The number of hydrogen-bond donors (Lipinski definition) is 1. The average Bonchev–Trinajstić information content (AvgIpc) is 2.74. The van der Waals surface area contributed by atoms with Gasteiger partial charge in [-0.2, -0.15) is 0 Å². The molecule has 0 aromatic carbocycles. The fourth-order valence-corrected chi connectivity index (χ4v) is 2.45. The maximum Gasteiger partial charge on any atom is 0.0593 e. The summed E-state index contributed by atoms with van der Waals surface area (Å²) in [5.74, 6) is 0. The fourth-order valence-electron chi connectivity index (χ4n) is 2.45. The third-order valence-corrected chi connectivity index (χ3v) is 3.42. The lowest BCUT2D eigenvalue weighted by Crippen LogP contribution is -2.39. The Morgan fingerprint density at radius 2 is 1.65 bits per heavy atom. The largest absolute Gasteiger partial charge is 0.380 e. The molecule has 2 atom stereocenters. The molecule has 2 N–H and O–H groups in total. The van der Waals surface area contributed by atoms with E-state index in [9.17, 15) is 0 Å². The Kier molecular flexibility index (Phi) is 7.77. The van der Waals surface area contributed by atoms with Crippen LogP contribution in [0.4, 0.5) is 0 Å². The van der Waals surface area contributed by atoms with E-state index < -0.39 is 0 Å². The van der Waals surface area contributed by atoms with Gasteiger partial charge in [-0.05, 0) is 33.1 Å². The molecule has 0 amide bonds. The van der Waals surface area contributed by atoms with Crippen molar-refractivity contribution in [3.05, 3.63) is 0 Å². The van der Waals surface area contributed by atoms with Crippen LogP contribution >= 0.6 is 0 Å². The van der Waals surface area contributed by atoms with Crippen LogP contribution in [0.15, 0.2) is 0 Å². The van der Waals surface area contributed by atoms with Crippen LogP contribution in [0.2, 0.25) is 0 Å². The van der Waals surface area contributed by atoms with Crippen molar-refractivity contribution in [2.24, 2.45) is 5.73 Å². The summed E-state index contributed by atoms with van der Waals surface area (Å²) in [7, 11) is 0. The lowest BCUT2D eigenvalue weighted by atomic mass is 10.2. The van der Waals surface area contributed by atoms with Gasteiger partial charge >= 0.3 is 0 Å². The first-order chi connectivity index (χ1) is 8.27. The lowest BCUT2D eigenvalue weighted by Gasteiger charge is -2.28. The van der Waals surface area contributed by atoms with Crippen molar-refractivity contribution in [2.45, 2.75) is 45.2 Å². The maximum atomic E-state index is 5.98. The summed E-state index contributed by atoms with van der Waals surface area (Å²) < 4.78 is 10.9. The second-order valence-electron chi connectivity index (χ2n) is 4.66. The smallest absolute Gasteiger partial charge is 0.0593 e. The van der Waals surface area contributed by atoms with Crippen LogP contribution in [0, 0.1) is 0 Å². The molecule has 1 rings (SSSR count). The molecule has 4 heteroatoms. The van der Waals surface area contributed by atoms with E-state index in [4.69, 9.17) is 15.2 Å². The standard InChI is InChI=1S/C13H28N2O2/c1-3-16-9-7-15(8-10-17-4-2)13-6-5-12(14)11-13/h12-13H,3-11,14H2,1-2H3. The van der Waals surface area contributed by atoms with Crippen molar-refractivity contribution in [2.75, 3.05) is 39.5 Å². The van der Waals surface area contributed by atoms with E-state index in [1.807, 2.05) is 13.8 Å². The summed E-state index contributed by atoms with van der Waals surface area (Å²) in [6.45, 7) is 9.29. The molecule has 2 unspecified atom stereocenters. The van der Waals surface area contributed by atoms with Gasteiger partial charge in [-0.15, -0.1) is 0 Å². The van der Waals surface area contributed by atoms with Gasteiger partial charge < -0.3 is 15.2 Å². The van der Waals surface area contributed by atoms with Crippen LogP contribution < -0.4 is 5.73 Å². The van der Waals surface area contributed by atoms with Crippen molar-refractivity contribution in [3.8, 4) is 0 Å². The van der Waals surface area contributed by atoms with Crippen molar-refractivity contribution >= 4 is 0 Å². The highest BCUT2D eigenvalue weighted by atomic mass is 16.5. The molecule has 0 saturated heterocycles. The zero-order chi connectivity index (χ0) is 12.5.